The van der Waals surface area contributed by atoms with Gasteiger partial charge in [0, 0.05) is 25.7 Å². The molecule has 4 rings (SSSR count). The molecule has 5 nitrogen and oxygen atoms in total. The van der Waals surface area contributed by atoms with Crippen molar-refractivity contribution < 1.29 is 0 Å². The highest BCUT2D eigenvalue weighted by Gasteiger charge is 2.27. The van der Waals surface area contributed by atoms with Gasteiger partial charge in [-0.15, -0.1) is 10.2 Å². The van der Waals surface area contributed by atoms with Crippen LogP contribution in [-0.2, 0) is 25.9 Å². The maximum absolute atomic E-state index is 4.39. The Hall–Kier alpha value is -2.43. The third kappa shape index (κ3) is 2.22. The summed E-state index contributed by atoms with van der Waals surface area (Å²) in [5.74, 6) is 2.65. The molecule has 0 N–H and O–H groups in total. The lowest BCUT2D eigenvalue weighted by Gasteiger charge is -2.10. The van der Waals surface area contributed by atoms with E-state index in [1.807, 2.05) is 16.9 Å². The van der Waals surface area contributed by atoms with E-state index in [-0.39, 0.29) is 0 Å². The van der Waals surface area contributed by atoms with Gasteiger partial charge in [-0.2, -0.15) is 5.10 Å². The number of aryl methyl sites for hydroxylation is 1. The molecule has 112 valence electrons. The average Bonchev–Trinajstić information content (AvgIpc) is 3.22. The van der Waals surface area contributed by atoms with Gasteiger partial charge < -0.3 is 4.57 Å². The number of rotatable bonds is 4. The molecule has 1 aliphatic heterocycles. The van der Waals surface area contributed by atoms with Crippen LogP contribution < -0.4 is 0 Å². The molecule has 1 aromatic carbocycles. The second-order valence-corrected chi connectivity index (χ2v) is 5.84. The average molecular weight is 293 g/mol. The number of nitrogens with zero attached hydrogens (tertiary/aromatic N) is 5. The molecule has 5 heteroatoms. The van der Waals surface area contributed by atoms with Gasteiger partial charge in [0.15, 0.2) is 5.82 Å². The number of aromatic nitrogens is 5. The molecule has 1 unspecified atom stereocenters. The monoisotopic (exact) mass is 293 g/mol. The van der Waals surface area contributed by atoms with Crippen molar-refractivity contribution in [3.05, 3.63) is 54.0 Å². The molecule has 0 fully saturated rings. The van der Waals surface area contributed by atoms with Crippen LogP contribution in [0.2, 0.25) is 0 Å². The van der Waals surface area contributed by atoms with Crippen molar-refractivity contribution in [1.82, 2.24) is 24.5 Å². The number of hydrogen-bond donors (Lipinski definition) is 0. The molecule has 3 aromatic rings. The Morgan fingerprint density at radius 3 is 2.82 bits per heavy atom. The van der Waals surface area contributed by atoms with Crippen molar-refractivity contribution in [2.24, 2.45) is 5.92 Å². The minimum Gasteiger partial charge on any atom is -0.309 e. The summed E-state index contributed by atoms with van der Waals surface area (Å²) in [4.78, 5) is 0. The van der Waals surface area contributed by atoms with E-state index in [9.17, 15) is 0 Å². The maximum atomic E-state index is 4.39. The zero-order chi connectivity index (χ0) is 14.9. The quantitative estimate of drug-likeness (QED) is 0.743. The maximum Gasteiger partial charge on any atom is 0.182 e. The summed E-state index contributed by atoms with van der Waals surface area (Å²) >= 11 is 0. The standard InChI is InChI=1S/C17H19N5/c1-2-22-15(8-9-18-22)17-20-19-16-11-14(12-21(16)17)10-13-6-4-3-5-7-13/h3-9,14H,2,10-12H2,1H3. The fraction of sp³-hybridized carbons (Fsp3) is 0.353. The summed E-state index contributed by atoms with van der Waals surface area (Å²) in [5.41, 5.74) is 2.45. The van der Waals surface area contributed by atoms with Crippen molar-refractivity contribution in [1.29, 1.82) is 0 Å². The highest BCUT2D eigenvalue weighted by atomic mass is 15.3. The van der Waals surface area contributed by atoms with Crippen LogP contribution in [0.3, 0.4) is 0 Å². The summed E-state index contributed by atoms with van der Waals surface area (Å²) in [6, 6.07) is 12.7. The van der Waals surface area contributed by atoms with Crippen LogP contribution >= 0.6 is 0 Å². The molecule has 2 aromatic heterocycles. The number of fused-ring (bicyclic) bond motifs is 1. The van der Waals surface area contributed by atoms with Crippen molar-refractivity contribution in [2.45, 2.75) is 32.9 Å². The summed E-state index contributed by atoms with van der Waals surface area (Å²) < 4.78 is 4.23. The molecule has 0 saturated heterocycles. The van der Waals surface area contributed by atoms with Crippen LogP contribution in [0, 0.1) is 5.92 Å². The third-order valence-electron chi connectivity index (χ3n) is 4.35. The van der Waals surface area contributed by atoms with Gasteiger partial charge in [0.25, 0.3) is 0 Å². The van der Waals surface area contributed by atoms with Crippen molar-refractivity contribution in [3.8, 4) is 11.5 Å². The van der Waals surface area contributed by atoms with Crippen molar-refractivity contribution >= 4 is 0 Å². The van der Waals surface area contributed by atoms with E-state index in [1.165, 1.54) is 5.56 Å². The van der Waals surface area contributed by atoms with Gasteiger partial charge in [-0.1, -0.05) is 30.3 Å². The molecule has 0 radical (unpaired) electrons. The van der Waals surface area contributed by atoms with Crippen LogP contribution in [0.5, 0.6) is 0 Å². The molecule has 0 amide bonds. The second-order valence-electron chi connectivity index (χ2n) is 5.84. The van der Waals surface area contributed by atoms with E-state index < -0.39 is 0 Å². The van der Waals surface area contributed by atoms with Crippen molar-refractivity contribution in [3.63, 3.8) is 0 Å². The van der Waals surface area contributed by atoms with E-state index in [0.717, 1.165) is 43.3 Å². The smallest absolute Gasteiger partial charge is 0.182 e. The third-order valence-corrected chi connectivity index (χ3v) is 4.35. The first-order chi connectivity index (χ1) is 10.8. The highest BCUT2D eigenvalue weighted by Crippen LogP contribution is 2.28. The Kier molecular flexibility index (Phi) is 3.25. The largest absolute Gasteiger partial charge is 0.309 e. The van der Waals surface area contributed by atoms with Crippen molar-refractivity contribution in [2.75, 3.05) is 0 Å². The van der Waals surface area contributed by atoms with Gasteiger partial charge in [-0.25, -0.2) is 0 Å². The van der Waals surface area contributed by atoms with Gasteiger partial charge in [-0.3, -0.25) is 4.68 Å². The minimum atomic E-state index is 0.602. The van der Waals surface area contributed by atoms with E-state index in [1.54, 1.807) is 0 Å². The van der Waals surface area contributed by atoms with E-state index in [0.29, 0.717) is 5.92 Å². The molecule has 0 spiro atoms. The first kappa shape index (κ1) is 13.2. The Balaban J connectivity index is 1.58. The lowest BCUT2D eigenvalue weighted by Crippen LogP contribution is -2.09. The topological polar surface area (TPSA) is 48.5 Å². The Morgan fingerprint density at radius 2 is 2.00 bits per heavy atom. The van der Waals surface area contributed by atoms with E-state index >= 15 is 0 Å². The van der Waals surface area contributed by atoms with Gasteiger partial charge in [0.05, 0.1) is 0 Å². The number of hydrogen-bond acceptors (Lipinski definition) is 3. The first-order valence-electron chi connectivity index (χ1n) is 7.83. The van der Waals surface area contributed by atoms with Gasteiger partial charge >= 0.3 is 0 Å². The van der Waals surface area contributed by atoms with Gasteiger partial charge in [-0.05, 0) is 30.9 Å². The zero-order valence-corrected chi connectivity index (χ0v) is 12.7. The molecule has 0 saturated carbocycles. The number of benzene rings is 1. The van der Waals surface area contributed by atoms with Gasteiger partial charge in [0.2, 0.25) is 0 Å². The summed E-state index contributed by atoms with van der Waals surface area (Å²) in [7, 11) is 0. The predicted octanol–water partition coefficient (Wildman–Crippen LogP) is 2.58. The van der Waals surface area contributed by atoms with Crippen LogP contribution in [0.1, 0.15) is 18.3 Å². The van der Waals surface area contributed by atoms with Crippen LogP contribution in [0.25, 0.3) is 11.5 Å². The first-order valence-corrected chi connectivity index (χ1v) is 7.83. The lowest BCUT2D eigenvalue weighted by molar-refractivity contribution is 0.507. The minimum absolute atomic E-state index is 0.602. The zero-order valence-electron chi connectivity index (χ0n) is 12.7. The van der Waals surface area contributed by atoms with Crippen LogP contribution in [0.4, 0.5) is 0 Å². The Morgan fingerprint density at radius 1 is 1.14 bits per heavy atom. The lowest BCUT2D eigenvalue weighted by atomic mass is 9.98. The fourth-order valence-electron chi connectivity index (χ4n) is 3.31. The molecule has 1 aliphatic rings. The van der Waals surface area contributed by atoms with Crippen LogP contribution in [-0.4, -0.2) is 24.5 Å². The summed E-state index contributed by atoms with van der Waals surface area (Å²) in [6.45, 7) is 3.93. The van der Waals surface area contributed by atoms with Gasteiger partial charge in [0.1, 0.15) is 11.5 Å². The summed E-state index contributed by atoms with van der Waals surface area (Å²) in [5, 5.41) is 13.1. The summed E-state index contributed by atoms with van der Waals surface area (Å²) in [6.07, 6.45) is 3.93. The molecule has 22 heavy (non-hydrogen) atoms. The van der Waals surface area contributed by atoms with E-state index in [2.05, 4.69) is 57.1 Å². The fourth-order valence-corrected chi connectivity index (χ4v) is 3.31. The molecule has 1 atom stereocenters. The van der Waals surface area contributed by atoms with Crippen LogP contribution in [0.15, 0.2) is 42.6 Å². The molecular formula is C17H19N5. The molecule has 0 aliphatic carbocycles. The van der Waals surface area contributed by atoms with E-state index in [4.69, 9.17) is 0 Å². The molecular weight excluding hydrogens is 274 g/mol. The Bertz CT molecular complexity index is 771. The highest BCUT2D eigenvalue weighted by molar-refractivity contribution is 5.50. The Labute approximate surface area is 129 Å². The molecule has 0 bridgehead atoms. The second kappa shape index (κ2) is 5.40. The normalized spacial score (nSPS) is 16.9. The predicted molar refractivity (Wildman–Crippen MR) is 84.3 cm³/mol. The SMILES string of the molecule is CCn1nccc1-c1nnc2n1CC(Cc1ccccc1)C2. The molecule has 3 heterocycles.